The second kappa shape index (κ2) is 7.21. The maximum Gasteiger partial charge on any atom is 0.0443 e. The lowest BCUT2D eigenvalue weighted by Gasteiger charge is -2.31. The summed E-state index contributed by atoms with van der Waals surface area (Å²) in [4.78, 5) is 2.44. The first-order valence-electron chi connectivity index (χ1n) is 5.81. The molecule has 0 aliphatic carbocycles. The van der Waals surface area contributed by atoms with Crippen LogP contribution in [0.4, 0.5) is 0 Å². The van der Waals surface area contributed by atoms with Gasteiger partial charge < -0.3 is 15.1 Å². The van der Waals surface area contributed by atoms with Crippen LogP contribution in [0.5, 0.6) is 0 Å². The molecule has 1 fully saturated rings. The highest BCUT2D eigenvalue weighted by atomic mass is 16.3. The van der Waals surface area contributed by atoms with E-state index in [1.165, 1.54) is 32.4 Å². The van der Waals surface area contributed by atoms with Crippen LogP contribution in [0.2, 0.25) is 0 Å². The Morgan fingerprint density at radius 2 is 1.64 bits per heavy atom. The minimum absolute atomic E-state index is 0.310. The van der Waals surface area contributed by atoms with Gasteiger partial charge >= 0.3 is 0 Å². The number of piperidine rings is 1. The number of likely N-dealkylation sites (tertiary alicyclic amines) is 1. The molecule has 3 heteroatoms. The maximum absolute atomic E-state index is 8.73. The Morgan fingerprint density at radius 3 is 2.21 bits per heavy atom. The molecule has 2 N–H and O–H groups in total. The van der Waals surface area contributed by atoms with Crippen molar-refractivity contribution < 1.29 is 10.2 Å². The van der Waals surface area contributed by atoms with E-state index in [0.29, 0.717) is 13.2 Å². The summed E-state index contributed by atoms with van der Waals surface area (Å²) < 4.78 is 0. The summed E-state index contributed by atoms with van der Waals surface area (Å²) in [5, 5.41) is 17.4. The predicted molar refractivity (Wildman–Crippen MR) is 57.2 cm³/mol. The minimum Gasteiger partial charge on any atom is -0.396 e. The lowest BCUT2D eigenvalue weighted by molar-refractivity contribution is 0.157. The summed E-state index contributed by atoms with van der Waals surface area (Å²) in [7, 11) is 0. The van der Waals surface area contributed by atoms with Crippen molar-refractivity contribution >= 4 is 0 Å². The summed E-state index contributed by atoms with van der Waals surface area (Å²) in [5.74, 6) is 0.826. The van der Waals surface area contributed by atoms with Crippen LogP contribution in [0, 0.1) is 5.92 Å². The fourth-order valence-corrected chi connectivity index (χ4v) is 2.17. The summed E-state index contributed by atoms with van der Waals surface area (Å²) in [5.41, 5.74) is 0. The van der Waals surface area contributed by atoms with Crippen LogP contribution >= 0.6 is 0 Å². The average molecular weight is 201 g/mol. The summed E-state index contributed by atoms with van der Waals surface area (Å²) in [6, 6.07) is 0. The zero-order valence-electron chi connectivity index (χ0n) is 8.99. The normalized spacial score (nSPS) is 20.1. The smallest absolute Gasteiger partial charge is 0.0443 e. The highest BCUT2D eigenvalue weighted by Crippen LogP contribution is 2.21. The Hall–Kier alpha value is -0.120. The van der Waals surface area contributed by atoms with Crippen molar-refractivity contribution in [2.45, 2.75) is 32.1 Å². The first-order valence-corrected chi connectivity index (χ1v) is 5.81. The molecule has 1 heterocycles. The van der Waals surface area contributed by atoms with Crippen molar-refractivity contribution in [1.82, 2.24) is 4.90 Å². The summed E-state index contributed by atoms with van der Waals surface area (Å²) in [6.07, 6.45) is 5.59. The molecule has 1 saturated heterocycles. The Labute approximate surface area is 86.7 Å². The van der Waals surface area contributed by atoms with E-state index >= 15 is 0 Å². The first-order chi connectivity index (χ1) is 6.86. The molecule has 1 aliphatic heterocycles. The highest BCUT2D eigenvalue weighted by molar-refractivity contribution is 4.72. The Morgan fingerprint density at radius 1 is 1.00 bits per heavy atom. The van der Waals surface area contributed by atoms with Crippen LogP contribution in [0.15, 0.2) is 0 Å². The zero-order valence-corrected chi connectivity index (χ0v) is 8.99. The maximum atomic E-state index is 8.73. The molecule has 0 atom stereocenters. The molecular weight excluding hydrogens is 178 g/mol. The summed E-state index contributed by atoms with van der Waals surface area (Å²) in [6.45, 7) is 4.05. The molecule has 1 aliphatic rings. The van der Waals surface area contributed by atoms with Gasteiger partial charge in [-0.15, -0.1) is 0 Å². The van der Waals surface area contributed by atoms with Crippen molar-refractivity contribution in [3.63, 3.8) is 0 Å². The number of hydrogen-bond donors (Lipinski definition) is 2. The van der Waals surface area contributed by atoms with Gasteiger partial charge in [-0.1, -0.05) is 0 Å². The Kier molecular flexibility index (Phi) is 6.15. The van der Waals surface area contributed by atoms with Crippen LogP contribution in [-0.2, 0) is 0 Å². The van der Waals surface area contributed by atoms with Crippen molar-refractivity contribution in [2.75, 3.05) is 32.8 Å². The fraction of sp³-hybridized carbons (Fsp3) is 1.00. The number of nitrogens with zero attached hydrogens (tertiary/aromatic N) is 1. The number of rotatable bonds is 6. The number of hydrogen-bond acceptors (Lipinski definition) is 3. The lowest BCUT2D eigenvalue weighted by Crippen LogP contribution is -2.34. The van der Waals surface area contributed by atoms with E-state index in [9.17, 15) is 0 Å². The second-order valence-electron chi connectivity index (χ2n) is 4.23. The van der Waals surface area contributed by atoms with Gasteiger partial charge in [0, 0.05) is 19.8 Å². The monoisotopic (exact) mass is 201 g/mol. The van der Waals surface area contributed by atoms with E-state index in [-0.39, 0.29) is 0 Å². The molecule has 0 saturated carbocycles. The third kappa shape index (κ3) is 4.40. The molecule has 0 bridgehead atoms. The fourth-order valence-electron chi connectivity index (χ4n) is 2.17. The molecule has 0 aromatic rings. The topological polar surface area (TPSA) is 43.7 Å². The van der Waals surface area contributed by atoms with Crippen LogP contribution in [0.25, 0.3) is 0 Å². The molecule has 84 valence electrons. The van der Waals surface area contributed by atoms with Crippen LogP contribution in [0.3, 0.4) is 0 Å². The Balaban J connectivity index is 2.05. The van der Waals surface area contributed by atoms with Gasteiger partial charge in [0.05, 0.1) is 0 Å². The molecule has 0 aromatic heterocycles. The van der Waals surface area contributed by atoms with Gasteiger partial charge in [-0.05, 0) is 51.1 Å². The first kappa shape index (κ1) is 12.0. The van der Waals surface area contributed by atoms with E-state index in [2.05, 4.69) is 4.90 Å². The van der Waals surface area contributed by atoms with Gasteiger partial charge in [-0.25, -0.2) is 0 Å². The molecule has 1 rings (SSSR count). The molecule has 0 unspecified atom stereocenters. The second-order valence-corrected chi connectivity index (χ2v) is 4.23. The molecule has 0 amide bonds. The lowest BCUT2D eigenvalue weighted by atomic mass is 9.92. The molecule has 0 aromatic carbocycles. The molecule has 0 spiro atoms. The average Bonchev–Trinajstić information content (AvgIpc) is 2.25. The van der Waals surface area contributed by atoms with Crippen LogP contribution in [0.1, 0.15) is 32.1 Å². The van der Waals surface area contributed by atoms with Gasteiger partial charge in [0.15, 0.2) is 0 Å². The van der Waals surface area contributed by atoms with E-state index in [4.69, 9.17) is 10.2 Å². The van der Waals surface area contributed by atoms with Gasteiger partial charge in [0.25, 0.3) is 0 Å². The van der Waals surface area contributed by atoms with Gasteiger partial charge in [0.2, 0.25) is 0 Å². The zero-order chi connectivity index (χ0) is 10.2. The minimum atomic E-state index is 0.310. The largest absolute Gasteiger partial charge is 0.396 e. The van der Waals surface area contributed by atoms with Crippen molar-refractivity contribution in [1.29, 1.82) is 0 Å². The molecule has 0 radical (unpaired) electrons. The molecule has 3 nitrogen and oxygen atoms in total. The van der Waals surface area contributed by atoms with E-state index in [1.807, 2.05) is 0 Å². The summed E-state index contributed by atoms with van der Waals surface area (Å²) >= 11 is 0. The van der Waals surface area contributed by atoms with Crippen molar-refractivity contribution in [3.05, 3.63) is 0 Å². The standard InChI is InChI=1S/C11H23NO2/c13-9-1-3-11-4-7-12(8-5-11)6-2-10-14/h11,13-14H,1-10H2. The SMILES string of the molecule is OCCCC1CCN(CCCO)CC1. The highest BCUT2D eigenvalue weighted by Gasteiger charge is 2.17. The van der Waals surface area contributed by atoms with Gasteiger partial charge in [-0.3, -0.25) is 0 Å². The molecule has 14 heavy (non-hydrogen) atoms. The van der Waals surface area contributed by atoms with E-state index in [1.54, 1.807) is 0 Å². The quantitative estimate of drug-likeness (QED) is 0.669. The third-order valence-electron chi connectivity index (χ3n) is 3.11. The van der Waals surface area contributed by atoms with E-state index in [0.717, 1.165) is 25.3 Å². The van der Waals surface area contributed by atoms with Gasteiger partial charge in [0.1, 0.15) is 0 Å². The number of aliphatic hydroxyl groups is 2. The Bertz CT molecular complexity index is 117. The van der Waals surface area contributed by atoms with E-state index < -0.39 is 0 Å². The number of aliphatic hydroxyl groups excluding tert-OH is 2. The third-order valence-corrected chi connectivity index (χ3v) is 3.11. The van der Waals surface area contributed by atoms with Crippen LogP contribution in [-0.4, -0.2) is 48.0 Å². The predicted octanol–water partition coefficient (Wildman–Crippen LogP) is 0.853. The molecular formula is C11H23NO2. The van der Waals surface area contributed by atoms with Crippen molar-refractivity contribution in [3.8, 4) is 0 Å². The van der Waals surface area contributed by atoms with Gasteiger partial charge in [-0.2, -0.15) is 0 Å². The van der Waals surface area contributed by atoms with Crippen molar-refractivity contribution in [2.24, 2.45) is 5.92 Å². The van der Waals surface area contributed by atoms with Crippen LogP contribution < -0.4 is 0 Å².